The van der Waals surface area contributed by atoms with Gasteiger partial charge in [0.25, 0.3) is 0 Å². The number of carboxylic acid groups (broad SMARTS) is 1. The molecule has 1 heterocycles. The van der Waals surface area contributed by atoms with Crippen LogP contribution in [0, 0.1) is 0 Å². The molecule has 2 rings (SSSR count). The van der Waals surface area contributed by atoms with E-state index in [-0.39, 0.29) is 11.7 Å². The molecular formula is C15H21NO4. The summed E-state index contributed by atoms with van der Waals surface area (Å²) in [5, 5.41) is 9.07. The van der Waals surface area contributed by atoms with Crippen LogP contribution in [0.15, 0.2) is 24.3 Å². The number of carbonyl (C=O) groups is 1. The fourth-order valence-electron chi connectivity index (χ4n) is 2.53. The second-order valence-corrected chi connectivity index (χ2v) is 5.06. The van der Waals surface area contributed by atoms with Crippen LogP contribution in [0.2, 0.25) is 0 Å². The summed E-state index contributed by atoms with van der Waals surface area (Å²) in [4.78, 5) is 13.3. The van der Waals surface area contributed by atoms with Crippen LogP contribution in [0.3, 0.4) is 0 Å². The number of ether oxygens (including phenoxy) is 2. The molecular weight excluding hydrogens is 258 g/mol. The maximum Gasteiger partial charge on any atom is 0.339 e. The highest BCUT2D eigenvalue weighted by atomic mass is 16.5. The number of para-hydroxylation sites is 1. The number of benzene rings is 1. The molecule has 0 spiro atoms. The number of aromatic carboxylic acids is 1. The molecule has 5 heteroatoms. The Hall–Kier alpha value is -1.59. The van der Waals surface area contributed by atoms with E-state index < -0.39 is 5.97 Å². The van der Waals surface area contributed by atoms with Gasteiger partial charge in [0.2, 0.25) is 0 Å². The average Bonchev–Trinajstić information content (AvgIpc) is 2.85. The van der Waals surface area contributed by atoms with Gasteiger partial charge in [-0.3, -0.25) is 4.90 Å². The van der Waals surface area contributed by atoms with Crippen LogP contribution in [0.25, 0.3) is 0 Å². The highest BCUT2D eigenvalue weighted by molar-refractivity contribution is 5.90. The zero-order valence-electron chi connectivity index (χ0n) is 11.9. The minimum absolute atomic E-state index is 0.202. The maximum absolute atomic E-state index is 11.1. The predicted octanol–water partition coefficient (Wildman–Crippen LogP) is 1.87. The van der Waals surface area contributed by atoms with Gasteiger partial charge in [-0.05, 0) is 32.5 Å². The van der Waals surface area contributed by atoms with Crippen molar-refractivity contribution in [3.05, 3.63) is 29.8 Å². The summed E-state index contributed by atoms with van der Waals surface area (Å²) in [6, 6.07) is 7.12. The topological polar surface area (TPSA) is 59.0 Å². The first-order valence-corrected chi connectivity index (χ1v) is 6.86. The molecule has 0 radical (unpaired) electrons. The molecule has 110 valence electrons. The summed E-state index contributed by atoms with van der Waals surface area (Å²) < 4.78 is 11.1. The molecule has 1 aromatic rings. The van der Waals surface area contributed by atoms with Crippen molar-refractivity contribution in [1.29, 1.82) is 0 Å². The molecule has 1 N–H and O–H groups in total. The minimum Gasteiger partial charge on any atom is -0.491 e. The van der Waals surface area contributed by atoms with E-state index in [2.05, 4.69) is 11.8 Å². The predicted molar refractivity (Wildman–Crippen MR) is 75.3 cm³/mol. The van der Waals surface area contributed by atoms with E-state index in [9.17, 15) is 4.79 Å². The van der Waals surface area contributed by atoms with Crippen molar-refractivity contribution in [3.63, 3.8) is 0 Å². The van der Waals surface area contributed by atoms with Gasteiger partial charge in [-0.15, -0.1) is 0 Å². The number of likely N-dealkylation sites (N-methyl/N-ethyl adjacent to an activating group) is 1. The van der Waals surface area contributed by atoms with Gasteiger partial charge < -0.3 is 14.6 Å². The molecule has 20 heavy (non-hydrogen) atoms. The number of nitrogens with zero attached hydrogens (tertiary/aromatic N) is 1. The van der Waals surface area contributed by atoms with E-state index in [1.165, 1.54) is 0 Å². The summed E-state index contributed by atoms with van der Waals surface area (Å²) in [6.45, 7) is 4.09. The van der Waals surface area contributed by atoms with Crippen molar-refractivity contribution in [2.45, 2.75) is 25.5 Å². The van der Waals surface area contributed by atoms with Crippen molar-refractivity contribution in [3.8, 4) is 5.75 Å². The highest BCUT2D eigenvalue weighted by Crippen LogP contribution is 2.19. The molecule has 5 nitrogen and oxygen atoms in total. The van der Waals surface area contributed by atoms with Gasteiger partial charge >= 0.3 is 5.97 Å². The Morgan fingerprint density at radius 2 is 2.25 bits per heavy atom. The lowest BCUT2D eigenvalue weighted by Crippen LogP contribution is -2.39. The number of hydrogen-bond acceptors (Lipinski definition) is 4. The summed E-state index contributed by atoms with van der Waals surface area (Å²) in [7, 11) is 2.04. The van der Waals surface area contributed by atoms with Gasteiger partial charge in [-0.1, -0.05) is 12.1 Å². The van der Waals surface area contributed by atoms with Crippen LogP contribution in [-0.4, -0.2) is 54.9 Å². The third-order valence-corrected chi connectivity index (χ3v) is 3.72. The molecule has 1 aliphatic rings. The van der Waals surface area contributed by atoms with E-state index >= 15 is 0 Å². The Balaban J connectivity index is 1.85. The fourth-order valence-corrected chi connectivity index (χ4v) is 2.53. The molecule has 2 atom stereocenters. The van der Waals surface area contributed by atoms with Crippen molar-refractivity contribution < 1.29 is 19.4 Å². The molecule has 0 aromatic heterocycles. The van der Waals surface area contributed by atoms with Gasteiger partial charge in [-0.2, -0.15) is 0 Å². The van der Waals surface area contributed by atoms with Crippen LogP contribution in [-0.2, 0) is 4.74 Å². The second kappa shape index (κ2) is 6.72. The molecule has 0 aliphatic carbocycles. The quantitative estimate of drug-likeness (QED) is 0.861. The van der Waals surface area contributed by atoms with Crippen LogP contribution in [0.4, 0.5) is 0 Å². The first kappa shape index (κ1) is 14.8. The van der Waals surface area contributed by atoms with E-state index in [4.69, 9.17) is 14.6 Å². The lowest BCUT2D eigenvalue weighted by molar-refractivity contribution is 0.0689. The van der Waals surface area contributed by atoms with Gasteiger partial charge in [-0.25, -0.2) is 4.79 Å². The minimum atomic E-state index is -0.966. The van der Waals surface area contributed by atoms with Gasteiger partial charge in [0.1, 0.15) is 17.9 Å². The largest absolute Gasteiger partial charge is 0.491 e. The third kappa shape index (κ3) is 3.49. The fraction of sp³-hybridized carbons (Fsp3) is 0.533. The first-order valence-electron chi connectivity index (χ1n) is 6.86. The molecule has 1 fully saturated rings. The summed E-state index contributed by atoms with van der Waals surface area (Å²) >= 11 is 0. The van der Waals surface area contributed by atoms with E-state index in [0.29, 0.717) is 18.4 Å². The number of carboxylic acids is 1. The van der Waals surface area contributed by atoms with Crippen LogP contribution in [0.5, 0.6) is 5.75 Å². The van der Waals surface area contributed by atoms with Crippen molar-refractivity contribution in [2.75, 3.05) is 26.8 Å². The molecule has 0 amide bonds. The van der Waals surface area contributed by atoms with Crippen molar-refractivity contribution in [2.24, 2.45) is 0 Å². The monoisotopic (exact) mass is 279 g/mol. The van der Waals surface area contributed by atoms with Crippen LogP contribution < -0.4 is 4.74 Å². The Morgan fingerprint density at radius 3 is 2.90 bits per heavy atom. The van der Waals surface area contributed by atoms with E-state index in [0.717, 1.165) is 19.6 Å². The third-order valence-electron chi connectivity index (χ3n) is 3.72. The Bertz CT molecular complexity index is 463. The molecule has 2 unspecified atom stereocenters. The van der Waals surface area contributed by atoms with Crippen LogP contribution in [0.1, 0.15) is 23.7 Å². The SMILES string of the molecule is CC1OCCC1N(C)CCOc1ccccc1C(=O)O. The van der Waals surface area contributed by atoms with E-state index in [1.807, 2.05) is 7.05 Å². The standard InChI is InChI=1S/C15H21NO4/c1-11-13(7-9-19-11)16(2)8-10-20-14-6-4-3-5-12(14)15(17)18/h3-6,11,13H,7-10H2,1-2H3,(H,17,18). The Morgan fingerprint density at radius 1 is 1.50 bits per heavy atom. The average molecular weight is 279 g/mol. The Kier molecular flexibility index (Phi) is 4.98. The number of hydrogen-bond donors (Lipinski definition) is 1. The lowest BCUT2D eigenvalue weighted by Gasteiger charge is -2.26. The molecule has 0 saturated carbocycles. The van der Waals surface area contributed by atoms with Crippen molar-refractivity contribution in [1.82, 2.24) is 4.90 Å². The molecule has 1 aliphatic heterocycles. The molecule has 1 saturated heterocycles. The van der Waals surface area contributed by atoms with Gasteiger partial charge in [0.05, 0.1) is 6.10 Å². The molecule has 0 bridgehead atoms. The summed E-state index contributed by atoms with van der Waals surface area (Å²) in [6.07, 6.45) is 1.27. The van der Waals surface area contributed by atoms with Crippen molar-refractivity contribution >= 4 is 5.97 Å². The summed E-state index contributed by atoms with van der Waals surface area (Å²) in [5.41, 5.74) is 0.202. The smallest absolute Gasteiger partial charge is 0.339 e. The lowest BCUT2D eigenvalue weighted by atomic mass is 10.1. The summed E-state index contributed by atoms with van der Waals surface area (Å²) in [5.74, 6) is -0.545. The Labute approximate surface area is 119 Å². The maximum atomic E-state index is 11.1. The van der Waals surface area contributed by atoms with Crippen LogP contribution >= 0.6 is 0 Å². The highest BCUT2D eigenvalue weighted by Gasteiger charge is 2.27. The first-order chi connectivity index (χ1) is 9.59. The zero-order valence-corrected chi connectivity index (χ0v) is 11.9. The van der Waals surface area contributed by atoms with Gasteiger partial charge in [0.15, 0.2) is 0 Å². The van der Waals surface area contributed by atoms with E-state index in [1.54, 1.807) is 24.3 Å². The molecule has 1 aromatic carbocycles. The zero-order chi connectivity index (χ0) is 14.5. The normalized spacial score (nSPS) is 22.1. The number of rotatable bonds is 6. The van der Waals surface area contributed by atoms with Gasteiger partial charge in [0, 0.05) is 19.2 Å². The second-order valence-electron chi connectivity index (χ2n) is 5.06.